The van der Waals surface area contributed by atoms with Crippen molar-refractivity contribution in [3.05, 3.63) is 16.1 Å². The van der Waals surface area contributed by atoms with Crippen LogP contribution in [-0.4, -0.2) is 45.6 Å². The van der Waals surface area contributed by atoms with Gasteiger partial charge in [0, 0.05) is 24.9 Å². The van der Waals surface area contributed by atoms with Crippen molar-refractivity contribution in [2.75, 3.05) is 13.1 Å². The van der Waals surface area contributed by atoms with Crippen molar-refractivity contribution in [2.45, 2.75) is 38.6 Å². The van der Waals surface area contributed by atoms with Gasteiger partial charge in [0.15, 0.2) is 0 Å². The van der Waals surface area contributed by atoms with Crippen LogP contribution in [0.1, 0.15) is 30.5 Å². The lowest BCUT2D eigenvalue weighted by Crippen LogP contribution is -2.54. The molecule has 1 aliphatic rings. The van der Waals surface area contributed by atoms with Crippen LogP contribution in [0.15, 0.2) is 5.38 Å². The summed E-state index contributed by atoms with van der Waals surface area (Å²) in [4.78, 5) is 29.1. The number of carbonyl (C=O) groups excluding carboxylic acids is 1. The summed E-state index contributed by atoms with van der Waals surface area (Å²) in [5.41, 5.74) is -0.128. The van der Waals surface area contributed by atoms with Crippen molar-refractivity contribution in [1.29, 1.82) is 0 Å². The van der Waals surface area contributed by atoms with Crippen LogP contribution in [0.25, 0.3) is 0 Å². The Kier molecular flexibility index (Phi) is 4.27. The highest BCUT2D eigenvalue weighted by Gasteiger charge is 2.45. The van der Waals surface area contributed by atoms with Gasteiger partial charge in [0.25, 0.3) is 0 Å². The molecule has 2 N–H and O–H groups in total. The first-order valence-corrected chi connectivity index (χ1v) is 7.51. The van der Waals surface area contributed by atoms with Gasteiger partial charge in [-0.25, -0.2) is 14.6 Å². The SMILES string of the molecule is Cc1nc(CCNC(=O)N2CCCC2(C)C(=O)O)cs1. The van der Waals surface area contributed by atoms with Gasteiger partial charge >= 0.3 is 12.0 Å². The van der Waals surface area contributed by atoms with E-state index in [9.17, 15) is 14.7 Å². The summed E-state index contributed by atoms with van der Waals surface area (Å²) in [6, 6.07) is -0.306. The third-order valence-electron chi connectivity index (χ3n) is 3.67. The molecular formula is C13H19N3O3S. The van der Waals surface area contributed by atoms with Crippen LogP contribution in [0.5, 0.6) is 0 Å². The Morgan fingerprint density at radius 1 is 1.60 bits per heavy atom. The highest BCUT2D eigenvalue weighted by molar-refractivity contribution is 7.09. The zero-order valence-corrected chi connectivity index (χ0v) is 12.5. The molecule has 1 aromatic rings. The third-order valence-corrected chi connectivity index (χ3v) is 4.49. The Morgan fingerprint density at radius 2 is 2.35 bits per heavy atom. The third kappa shape index (κ3) is 2.92. The number of aliphatic carboxylic acids is 1. The fourth-order valence-electron chi connectivity index (χ4n) is 2.43. The Morgan fingerprint density at radius 3 is 2.95 bits per heavy atom. The fourth-order valence-corrected chi connectivity index (χ4v) is 3.07. The summed E-state index contributed by atoms with van der Waals surface area (Å²) in [6.45, 7) is 4.50. The number of nitrogens with one attached hydrogen (secondary N) is 1. The second kappa shape index (κ2) is 5.78. The minimum Gasteiger partial charge on any atom is -0.480 e. The van der Waals surface area contributed by atoms with Gasteiger partial charge in [-0.15, -0.1) is 11.3 Å². The number of carboxylic acids is 1. The first-order chi connectivity index (χ1) is 9.43. The molecule has 2 rings (SSSR count). The standard InChI is InChI=1S/C13H19N3O3S/c1-9-15-10(8-20-9)4-6-14-12(19)16-7-3-5-13(16,2)11(17)18/h8H,3-7H2,1-2H3,(H,14,19)(H,17,18). The molecule has 0 spiro atoms. The topological polar surface area (TPSA) is 82.5 Å². The van der Waals surface area contributed by atoms with Gasteiger partial charge in [-0.3, -0.25) is 0 Å². The average Bonchev–Trinajstić information content (AvgIpc) is 2.96. The first kappa shape index (κ1) is 14.8. The quantitative estimate of drug-likeness (QED) is 0.885. The number of aromatic nitrogens is 1. The molecule has 2 heterocycles. The summed E-state index contributed by atoms with van der Waals surface area (Å²) >= 11 is 1.58. The maximum absolute atomic E-state index is 12.1. The van der Waals surface area contributed by atoms with E-state index in [-0.39, 0.29) is 6.03 Å². The number of amides is 2. The summed E-state index contributed by atoms with van der Waals surface area (Å²) in [7, 11) is 0. The van der Waals surface area contributed by atoms with Crippen LogP contribution in [0.2, 0.25) is 0 Å². The van der Waals surface area contributed by atoms with E-state index < -0.39 is 11.5 Å². The molecule has 110 valence electrons. The fraction of sp³-hybridized carbons (Fsp3) is 0.615. The van der Waals surface area contributed by atoms with Gasteiger partial charge in [-0.05, 0) is 26.7 Å². The predicted molar refractivity (Wildman–Crippen MR) is 75.9 cm³/mol. The number of hydrogen-bond donors (Lipinski definition) is 2. The molecule has 1 unspecified atom stereocenters. The molecular weight excluding hydrogens is 278 g/mol. The molecule has 2 amide bonds. The molecule has 1 aliphatic heterocycles. The molecule has 1 aromatic heterocycles. The largest absolute Gasteiger partial charge is 0.480 e. The second-order valence-corrected chi connectivity index (χ2v) is 6.24. The van der Waals surface area contributed by atoms with Crippen molar-refractivity contribution >= 4 is 23.3 Å². The highest BCUT2D eigenvalue weighted by Crippen LogP contribution is 2.29. The number of thiazole rings is 1. The zero-order chi connectivity index (χ0) is 14.8. The van der Waals surface area contributed by atoms with Crippen LogP contribution in [0.3, 0.4) is 0 Å². The number of aryl methyl sites for hydroxylation is 1. The molecule has 20 heavy (non-hydrogen) atoms. The average molecular weight is 297 g/mol. The molecule has 0 aliphatic carbocycles. The molecule has 6 nitrogen and oxygen atoms in total. The molecule has 0 bridgehead atoms. The molecule has 1 saturated heterocycles. The van der Waals surface area contributed by atoms with Crippen LogP contribution in [0, 0.1) is 6.92 Å². The lowest BCUT2D eigenvalue weighted by molar-refractivity contribution is -0.147. The lowest BCUT2D eigenvalue weighted by atomic mass is 10.00. The molecule has 0 saturated carbocycles. The van der Waals surface area contributed by atoms with Gasteiger partial charge in [-0.1, -0.05) is 0 Å². The van der Waals surface area contributed by atoms with E-state index in [4.69, 9.17) is 0 Å². The molecule has 0 aromatic carbocycles. The summed E-state index contributed by atoms with van der Waals surface area (Å²) in [5, 5.41) is 15.0. The number of carbonyl (C=O) groups is 2. The van der Waals surface area contributed by atoms with Crippen LogP contribution in [0.4, 0.5) is 4.79 Å². The van der Waals surface area contributed by atoms with Crippen molar-refractivity contribution in [3.63, 3.8) is 0 Å². The van der Waals surface area contributed by atoms with Crippen LogP contribution < -0.4 is 5.32 Å². The van der Waals surface area contributed by atoms with Crippen molar-refractivity contribution < 1.29 is 14.7 Å². The Bertz CT molecular complexity index is 517. The molecule has 0 radical (unpaired) electrons. The number of carboxylic acid groups (broad SMARTS) is 1. The predicted octanol–water partition coefficient (Wildman–Crippen LogP) is 1.64. The molecule has 1 atom stereocenters. The van der Waals surface area contributed by atoms with Crippen molar-refractivity contribution in [2.24, 2.45) is 0 Å². The van der Waals surface area contributed by atoms with E-state index in [0.717, 1.165) is 17.1 Å². The number of rotatable bonds is 4. The van der Waals surface area contributed by atoms with Gasteiger partial charge in [0.2, 0.25) is 0 Å². The minimum absolute atomic E-state index is 0.306. The van der Waals surface area contributed by atoms with E-state index in [1.165, 1.54) is 4.90 Å². The normalized spacial score (nSPS) is 22.0. The van der Waals surface area contributed by atoms with E-state index >= 15 is 0 Å². The van der Waals surface area contributed by atoms with E-state index in [0.29, 0.717) is 25.9 Å². The summed E-state index contributed by atoms with van der Waals surface area (Å²) in [6.07, 6.45) is 1.89. The van der Waals surface area contributed by atoms with Crippen LogP contribution in [-0.2, 0) is 11.2 Å². The lowest BCUT2D eigenvalue weighted by Gasteiger charge is -2.31. The van der Waals surface area contributed by atoms with E-state index in [1.807, 2.05) is 12.3 Å². The number of hydrogen-bond acceptors (Lipinski definition) is 4. The van der Waals surface area contributed by atoms with Gasteiger partial charge in [0.05, 0.1) is 10.7 Å². The first-order valence-electron chi connectivity index (χ1n) is 6.63. The number of urea groups is 1. The number of likely N-dealkylation sites (tertiary alicyclic amines) is 1. The van der Waals surface area contributed by atoms with Gasteiger partial charge in [-0.2, -0.15) is 0 Å². The summed E-state index contributed by atoms with van der Waals surface area (Å²) in [5.74, 6) is -0.944. The van der Waals surface area contributed by atoms with Crippen molar-refractivity contribution in [1.82, 2.24) is 15.2 Å². The second-order valence-electron chi connectivity index (χ2n) is 5.17. The maximum atomic E-state index is 12.1. The number of nitrogens with zero attached hydrogens (tertiary/aromatic N) is 2. The highest BCUT2D eigenvalue weighted by atomic mass is 32.1. The monoisotopic (exact) mass is 297 g/mol. The molecule has 1 fully saturated rings. The van der Waals surface area contributed by atoms with Crippen molar-refractivity contribution in [3.8, 4) is 0 Å². The van der Waals surface area contributed by atoms with E-state index in [2.05, 4.69) is 10.3 Å². The Balaban J connectivity index is 1.87. The summed E-state index contributed by atoms with van der Waals surface area (Å²) < 4.78 is 0. The molecule has 7 heteroatoms. The van der Waals surface area contributed by atoms with Crippen LogP contribution >= 0.6 is 11.3 Å². The van der Waals surface area contributed by atoms with E-state index in [1.54, 1.807) is 18.3 Å². The Hall–Kier alpha value is -1.63. The zero-order valence-electron chi connectivity index (χ0n) is 11.7. The smallest absolute Gasteiger partial charge is 0.329 e. The van der Waals surface area contributed by atoms with Gasteiger partial charge < -0.3 is 15.3 Å². The van der Waals surface area contributed by atoms with Gasteiger partial charge in [0.1, 0.15) is 5.54 Å². The minimum atomic E-state index is -1.08. The Labute approximate surface area is 121 Å². The maximum Gasteiger partial charge on any atom is 0.329 e.